The normalized spacial score (nSPS) is 12.2. The highest BCUT2D eigenvalue weighted by Gasteiger charge is 2.11. The summed E-state index contributed by atoms with van der Waals surface area (Å²) in [6, 6.07) is 4.57. The standard InChI is InChI=1S/C15H22BrFN2O/c1-2-3-11(8-9-18)4-7-15(20)19-12-5-6-13(16)14(17)10-12/h5-6,10-11H,2-4,7-9,18H2,1H3,(H,19,20). The molecule has 0 saturated heterocycles. The van der Waals surface area contributed by atoms with E-state index in [9.17, 15) is 9.18 Å². The SMILES string of the molecule is CCCC(CCN)CCC(=O)Nc1ccc(Br)c(F)c1. The van der Waals surface area contributed by atoms with Crippen molar-refractivity contribution in [2.45, 2.75) is 39.0 Å². The topological polar surface area (TPSA) is 55.1 Å². The Kier molecular flexibility index (Phi) is 7.77. The average Bonchev–Trinajstić information content (AvgIpc) is 2.41. The van der Waals surface area contributed by atoms with Gasteiger partial charge in [-0.1, -0.05) is 19.8 Å². The number of benzene rings is 1. The summed E-state index contributed by atoms with van der Waals surface area (Å²) in [6.45, 7) is 2.79. The molecular weight excluding hydrogens is 323 g/mol. The minimum absolute atomic E-state index is 0.0788. The Morgan fingerprint density at radius 3 is 2.75 bits per heavy atom. The van der Waals surface area contributed by atoms with Crippen molar-refractivity contribution < 1.29 is 9.18 Å². The van der Waals surface area contributed by atoms with E-state index in [-0.39, 0.29) is 11.7 Å². The zero-order valence-corrected chi connectivity index (χ0v) is 13.4. The fourth-order valence-corrected chi connectivity index (χ4v) is 2.46. The highest BCUT2D eigenvalue weighted by molar-refractivity contribution is 9.10. The summed E-state index contributed by atoms with van der Waals surface area (Å²) in [5, 5.41) is 2.72. The van der Waals surface area contributed by atoms with Gasteiger partial charge in [0.15, 0.2) is 0 Å². The van der Waals surface area contributed by atoms with Crippen molar-refractivity contribution in [1.82, 2.24) is 0 Å². The summed E-state index contributed by atoms with van der Waals surface area (Å²) in [7, 11) is 0. The van der Waals surface area contributed by atoms with Crippen LogP contribution >= 0.6 is 15.9 Å². The molecule has 0 bridgehead atoms. The van der Waals surface area contributed by atoms with Crippen LogP contribution in [-0.4, -0.2) is 12.5 Å². The Hall–Kier alpha value is -0.940. The monoisotopic (exact) mass is 344 g/mol. The van der Waals surface area contributed by atoms with Crippen LogP contribution in [0.1, 0.15) is 39.0 Å². The molecule has 0 aromatic heterocycles. The van der Waals surface area contributed by atoms with Gasteiger partial charge in [-0.2, -0.15) is 0 Å². The van der Waals surface area contributed by atoms with Crippen LogP contribution in [0.2, 0.25) is 0 Å². The number of anilines is 1. The average molecular weight is 345 g/mol. The second-order valence-electron chi connectivity index (χ2n) is 4.95. The van der Waals surface area contributed by atoms with Crippen LogP contribution in [0.5, 0.6) is 0 Å². The molecule has 112 valence electrons. The highest BCUT2D eigenvalue weighted by atomic mass is 79.9. The Morgan fingerprint density at radius 2 is 2.15 bits per heavy atom. The molecule has 5 heteroatoms. The van der Waals surface area contributed by atoms with E-state index in [0.717, 1.165) is 25.7 Å². The van der Waals surface area contributed by atoms with E-state index in [1.807, 2.05) is 0 Å². The van der Waals surface area contributed by atoms with E-state index in [1.165, 1.54) is 6.07 Å². The fraction of sp³-hybridized carbons (Fsp3) is 0.533. The van der Waals surface area contributed by atoms with Crippen molar-refractivity contribution in [1.29, 1.82) is 0 Å². The van der Waals surface area contributed by atoms with Gasteiger partial charge in [0.25, 0.3) is 0 Å². The summed E-state index contributed by atoms with van der Waals surface area (Å²) in [4.78, 5) is 11.8. The number of carbonyl (C=O) groups is 1. The number of hydrogen-bond donors (Lipinski definition) is 2. The molecule has 0 saturated carbocycles. The highest BCUT2D eigenvalue weighted by Crippen LogP contribution is 2.20. The molecule has 0 aliphatic carbocycles. The number of halogens is 2. The van der Waals surface area contributed by atoms with Gasteiger partial charge in [0.05, 0.1) is 4.47 Å². The molecule has 0 heterocycles. The lowest BCUT2D eigenvalue weighted by Crippen LogP contribution is -2.15. The number of hydrogen-bond acceptors (Lipinski definition) is 2. The number of nitrogens with one attached hydrogen (secondary N) is 1. The largest absolute Gasteiger partial charge is 0.330 e. The van der Waals surface area contributed by atoms with Crippen molar-refractivity contribution in [3.05, 3.63) is 28.5 Å². The van der Waals surface area contributed by atoms with Gasteiger partial charge in [-0.3, -0.25) is 4.79 Å². The third-order valence-electron chi connectivity index (χ3n) is 3.25. The molecule has 1 aromatic rings. The van der Waals surface area contributed by atoms with Gasteiger partial charge in [-0.05, 0) is 59.4 Å². The minimum Gasteiger partial charge on any atom is -0.330 e. The van der Waals surface area contributed by atoms with Gasteiger partial charge in [0.1, 0.15) is 5.82 Å². The fourth-order valence-electron chi connectivity index (χ4n) is 2.21. The lowest BCUT2D eigenvalue weighted by molar-refractivity contribution is -0.116. The smallest absolute Gasteiger partial charge is 0.224 e. The van der Waals surface area contributed by atoms with Crippen LogP contribution in [0.25, 0.3) is 0 Å². The Morgan fingerprint density at radius 1 is 1.40 bits per heavy atom. The Balaban J connectivity index is 2.44. The number of nitrogens with two attached hydrogens (primary N) is 1. The van der Waals surface area contributed by atoms with E-state index in [1.54, 1.807) is 12.1 Å². The number of carbonyl (C=O) groups excluding carboxylic acids is 1. The molecule has 1 rings (SSSR count). The van der Waals surface area contributed by atoms with Crippen LogP contribution in [0.15, 0.2) is 22.7 Å². The summed E-state index contributed by atoms with van der Waals surface area (Å²) >= 11 is 3.08. The van der Waals surface area contributed by atoms with E-state index < -0.39 is 0 Å². The molecule has 0 radical (unpaired) electrons. The maximum absolute atomic E-state index is 13.3. The zero-order chi connectivity index (χ0) is 15.0. The van der Waals surface area contributed by atoms with Crippen LogP contribution in [-0.2, 0) is 4.79 Å². The van der Waals surface area contributed by atoms with Crippen LogP contribution in [0.4, 0.5) is 10.1 Å². The molecule has 1 atom stereocenters. The summed E-state index contributed by atoms with van der Waals surface area (Å²) in [6.07, 6.45) is 4.42. The van der Waals surface area contributed by atoms with Gasteiger partial charge >= 0.3 is 0 Å². The first-order valence-corrected chi connectivity index (χ1v) is 7.81. The zero-order valence-electron chi connectivity index (χ0n) is 11.8. The predicted octanol–water partition coefficient (Wildman–Crippen LogP) is 4.07. The number of amides is 1. The first kappa shape index (κ1) is 17.1. The van der Waals surface area contributed by atoms with Crippen molar-refractivity contribution in [2.24, 2.45) is 11.7 Å². The van der Waals surface area contributed by atoms with Gasteiger partial charge in [-0.15, -0.1) is 0 Å². The molecule has 3 N–H and O–H groups in total. The molecule has 1 aromatic carbocycles. The quantitative estimate of drug-likeness (QED) is 0.746. The summed E-state index contributed by atoms with van der Waals surface area (Å²) in [5.74, 6) is 0.0389. The number of rotatable bonds is 8. The maximum Gasteiger partial charge on any atom is 0.224 e. The molecular formula is C15H22BrFN2O. The lowest BCUT2D eigenvalue weighted by atomic mass is 9.94. The molecule has 1 amide bonds. The maximum atomic E-state index is 13.3. The van der Waals surface area contributed by atoms with Gasteiger partial charge in [0.2, 0.25) is 5.91 Å². The second-order valence-corrected chi connectivity index (χ2v) is 5.80. The van der Waals surface area contributed by atoms with Gasteiger partial charge in [0, 0.05) is 12.1 Å². The van der Waals surface area contributed by atoms with E-state index in [4.69, 9.17) is 5.73 Å². The van der Waals surface area contributed by atoms with Crippen molar-refractivity contribution in [2.75, 3.05) is 11.9 Å². The summed E-state index contributed by atoms with van der Waals surface area (Å²) < 4.78 is 13.7. The molecule has 1 unspecified atom stereocenters. The van der Waals surface area contributed by atoms with Gasteiger partial charge < -0.3 is 11.1 Å². The molecule has 3 nitrogen and oxygen atoms in total. The molecule has 20 heavy (non-hydrogen) atoms. The van der Waals surface area contributed by atoms with E-state index >= 15 is 0 Å². The lowest BCUT2D eigenvalue weighted by Gasteiger charge is -2.14. The van der Waals surface area contributed by atoms with Crippen LogP contribution in [0.3, 0.4) is 0 Å². The molecule has 0 aliphatic heterocycles. The third kappa shape index (κ3) is 6.01. The Labute approximate surface area is 128 Å². The van der Waals surface area contributed by atoms with Crippen LogP contribution < -0.4 is 11.1 Å². The third-order valence-corrected chi connectivity index (χ3v) is 3.90. The van der Waals surface area contributed by atoms with Gasteiger partial charge in [-0.25, -0.2) is 4.39 Å². The first-order chi connectivity index (χ1) is 9.56. The van der Waals surface area contributed by atoms with Crippen molar-refractivity contribution in [3.63, 3.8) is 0 Å². The molecule has 0 spiro atoms. The summed E-state index contributed by atoms with van der Waals surface area (Å²) in [5.41, 5.74) is 6.06. The van der Waals surface area contributed by atoms with E-state index in [0.29, 0.717) is 29.0 Å². The second kappa shape index (κ2) is 9.08. The van der Waals surface area contributed by atoms with E-state index in [2.05, 4.69) is 28.2 Å². The molecule has 0 aliphatic rings. The van der Waals surface area contributed by atoms with Crippen molar-refractivity contribution >= 4 is 27.5 Å². The van der Waals surface area contributed by atoms with Crippen molar-refractivity contribution in [3.8, 4) is 0 Å². The Bertz CT molecular complexity index is 434. The first-order valence-electron chi connectivity index (χ1n) is 7.01. The predicted molar refractivity (Wildman–Crippen MR) is 84.0 cm³/mol. The molecule has 0 fully saturated rings. The minimum atomic E-state index is -0.380. The van der Waals surface area contributed by atoms with Crippen LogP contribution in [0, 0.1) is 11.7 Å².